The quantitative estimate of drug-likeness (QED) is 0.651. The third-order valence-corrected chi connectivity index (χ3v) is 6.21. The average molecular weight is 393 g/mol. The van der Waals surface area contributed by atoms with Crippen LogP contribution in [0, 0.1) is 17.1 Å². The van der Waals surface area contributed by atoms with Gasteiger partial charge in [-0.25, -0.2) is 4.39 Å². The number of rotatable bonds is 4. The number of halogens is 1. The van der Waals surface area contributed by atoms with Crippen LogP contribution in [0.3, 0.4) is 0 Å². The summed E-state index contributed by atoms with van der Waals surface area (Å²) >= 11 is 1.51. The molecule has 1 aliphatic carbocycles. The zero-order valence-electron chi connectivity index (χ0n) is 15.2. The van der Waals surface area contributed by atoms with E-state index in [-0.39, 0.29) is 17.8 Å². The molecule has 1 saturated carbocycles. The van der Waals surface area contributed by atoms with Crippen molar-refractivity contribution in [2.45, 2.75) is 37.8 Å². The van der Waals surface area contributed by atoms with Crippen molar-refractivity contribution in [2.24, 2.45) is 0 Å². The minimum atomic E-state index is -0.342. The highest BCUT2D eigenvalue weighted by molar-refractivity contribution is 7.19. The van der Waals surface area contributed by atoms with Gasteiger partial charge in [-0.1, -0.05) is 6.07 Å². The molecule has 2 aromatic carbocycles. The highest BCUT2D eigenvalue weighted by Crippen LogP contribution is 2.32. The lowest BCUT2D eigenvalue weighted by Gasteiger charge is -2.30. The van der Waals surface area contributed by atoms with Crippen LogP contribution in [0.2, 0.25) is 0 Å². The Labute approximate surface area is 167 Å². The van der Waals surface area contributed by atoms with Gasteiger partial charge in [-0.15, -0.1) is 11.3 Å². The molecule has 1 amide bonds. The molecule has 0 spiro atoms. The number of carbonyl (C=O) groups is 1. The summed E-state index contributed by atoms with van der Waals surface area (Å²) in [4.78, 5) is 13.0. The minimum absolute atomic E-state index is 0.137. The van der Waals surface area contributed by atoms with E-state index in [1.54, 1.807) is 0 Å². The number of hydrogen-bond acceptors (Lipinski definition) is 4. The topological polar surface area (TPSA) is 64.9 Å². The van der Waals surface area contributed by atoms with Gasteiger partial charge in [0.05, 0.1) is 0 Å². The van der Waals surface area contributed by atoms with E-state index in [0.717, 1.165) is 46.3 Å². The Hall–Kier alpha value is -2.91. The summed E-state index contributed by atoms with van der Waals surface area (Å²) in [6.45, 7) is 0. The molecule has 1 aliphatic rings. The number of amides is 1. The van der Waals surface area contributed by atoms with Gasteiger partial charge in [-0.05, 0) is 68.1 Å². The van der Waals surface area contributed by atoms with Gasteiger partial charge in [0.15, 0.2) is 0 Å². The van der Waals surface area contributed by atoms with Gasteiger partial charge in [-0.2, -0.15) is 5.26 Å². The van der Waals surface area contributed by atoms with Crippen LogP contribution in [0.25, 0.3) is 10.1 Å². The predicted octanol–water partition coefficient (Wildman–Crippen LogP) is 5.07. The molecule has 0 saturated heterocycles. The number of fused-ring (bicyclic) bond motifs is 1. The Morgan fingerprint density at radius 1 is 1.07 bits per heavy atom. The van der Waals surface area contributed by atoms with Crippen LogP contribution in [0.4, 0.5) is 10.1 Å². The second-order valence-electron chi connectivity index (χ2n) is 7.11. The zero-order valence-corrected chi connectivity index (χ0v) is 16.1. The zero-order chi connectivity index (χ0) is 19.5. The summed E-state index contributed by atoms with van der Waals surface area (Å²) in [7, 11) is 0. The Balaban J connectivity index is 1.34. The third-order valence-electron chi connectivity index (χ3n) is 5.20. The largest absolute Gasteiger partial charge is 0.382 e. The second kappa shape index (κ2) is 7.99. The van der Waals surface area contributed by atoms with E-state index in [9.17, 15) is 9.18 Å². The summed E-state index contributed by atoms with van der Waals surface area (Å²) in [6.07, 6.45) is 3.71. The van der Waals surface area contributed by atoms with E-state index in [2.05, 4.69) is 22.8 Å². The van der Waals surface area contributed by atoms with E-state index >= 15 is 0 Å². The van der Waals surface area contributed by atoms with Crippen molar-refractivity contribution in [3.8, 4) is 6.07 Å². The fraction of sp³-hybridized carbons (Fsp3) is 0.273. The van der Waals surface area contributed by atoms with Gasteiger partial charge >= 0.3 is 0 Å². The number of nitrogens with one attached hydrogen (secondary N) is 2. The van der Waals surface area contributed by atoms with E-state index in [1.165, 1.54) is 35.6 Å². The van der Waals surface area contributed by atoms with Crippen molar-refractivity contribution in [3.63, 3.8) is 0 Å². The molecule has 28 heavy (non-hydrogen) atoms. The number of carbonyl (C=O) groups excluding carboxylic acids is 1. The number of nitriles is 1. The number of anilines is 1. The van der Waals surface area contributed by atoms with Crippen LogP contribution in [0.1, 0.15) is 40.9 Å². The molecular formula is C22H20FN3OS. The minimum Gasteiger partial charge on any atom is -0.382 e. The van der Waals surface area contributed by atoms with E-state index < -0.39 is 0 Å². The van der Waals surface area contributed by atoms with Crippen LogP contribution in [-0.4, -0.2) is 18.0 Å². The summed E-state index contributed by atoms with van der Waals surface area (Å²) in [6, 6.07) is 16.4. The molecule has 1 aromatic heterocycles. The molecule has 0 bridgehead atoms. The maximum atomic E-state index is 13.0. The number of thiophene rings is 1. The van der Waals surface area contributed by atoms with Gasteiger partial charge in [-0.3, -0.25) is 4.79 Å². The normalized spacial score (nSPS) is 19.1. The number of benzene rings is 2. The second-order valence-corrected chi connectivity index (χ2v) is 8.20. The molecule has 142 valence electrons. The van der Waals surface area contributed by atoms with Crippen LogP contribution in [-0.2, 0) is 0 Å². The molecule has 0 radical (unpaired) electrons. The molecular weight excluding hydrogens is 373 g/mol. The van der Waals surface area contributed by atoms with Gasteiger partial charge in [0.1, 0.15) is 16.8 Å². The van der Waals surface area contributed by atoms with Gasteiger partial charge < -0.3 is 10.6 Å². The Morgan fingerprint density at radius 3 is 2.50 bits per heavy atom. The Morgan fingerprint density at radius 2 is 1.79 bits per heavy atom. The van der Waals surface area contributed by atoms with Crippen molar-refractivity contribution < 1.29 is 9.18 Å². The molecule has 0 unspecified atom stereocenters. The summed E-state index contributed by atoms with van der Waals surface area (Å²) in [5, 5.41) is 16.9. The summed E-state index contributed by atoms with van der Waals surface area (Å²) < 4.78 is 14.1. The van der Waals surface area contributed by atoms with Crippen LogP contribution >= 0.6 is 11.3 Å². The molecule has 0 aliphatic heterocycles. The maximum absolute atomic E-state index is 13.0. The predicted molar refractivity (Wildman–Crippen MR) is 110 cm³/mol. The summed E-state index contributed by atoms with van der Waals surface area (Å²) in [5.74, 6) is -0.492. The molecule has 6 heteroatoms. The van der Waals surface area contributed by atoms with E-state index in [4.69, 9.17) is 5.26 Å². The molecule has 1 fully saturated rings. The first-order valence-corrected chi connectivity index (χ1v) is 10.2. The lowest BCUT2D eigenvalue weighted by Crippen LogP contribution is -2.40. The molecule has 4 nitrogen and oxygen atoms in total. The fourth-order valence-electron chi connectivity index (χ4n) is 3.71. The van der Waals surface area contributed by atoms with Gasteiger partial charge in [0.2, 0.25) is 0 Å². The fourth-order valence-corrected chi connectivity index (χ4v) is 4.60. The average Bonchev–Trinajstić information content (AvgIpc) is 3.14. The molecule has 4 rings (SSSR count). The Kier molecular flexibility index (Phi) is 5.27. The van der Waals surface area contributed by atoms with Crippen molar-refractivity contribution in [3.05, 3.63) is 64.8 Å². The number of nitrogens with zero attached hydrogens (tertiary/aromatic N) is 1. The van der Waals surface area contributed by atoms with Crippen LogP contribution in [0.15, 0.2) is 48.5 Å². The molecule has 0 atom stereocenters. The van der Waals surface area contributed by atoms with Crippen LogP contribution < -0.4 is 10.6 Å². The van der Waals surface area contributed by atoms with Gasteiger partial charge in [0.25, 0.3) is 5.91 Å². The molecule has 3 aromatic rings. The van der Waals surface area contributed by atoms with Crippen molar-refractivity contribution in [1.82, 2.24) is 5.32 Å². The first-order chi connectivity index (χ1) is 13.6. The van der Waals surface area contributed by atoms with Crippen molar-refractivity contribution in [1.29, 1.82) is 5.26 Å². The smallest absolute Gasteiger partial charge is 0.251 e. The lowest BCUT2D eigenvalue weighted by molar-refractivity contribution is 0.0926. The third kappa shape index (κ3) is 4.00. The van der Waals surface area contributed by atoms with Crippen molar-refractivity contribution >= 4 is 33.0 Å². The maximum Gasteiger partial charge on any atom is 0.251 e. The van der Waals surface area contributed by atoms with E-state index in [0.29, 0.717) is 11.6 Å². The van der Waals surface area contributed by atoms with Crippen molar-refractivity contribution in [2.75, 3.05) is 5.32 Å². The standard InChI is InChI=1S/C22H20FN3OS/c23-15-6-4-14(5-7-15)22(27)26-17-10-8-16(9-11-17)25-20-2-1-3-21-19(20)12-18(13-24)28-21/h1-7,12,16-17,25H,8-11H2,(H,26,27)/t16-,17+. The SMILES string of the molecule is N#Cc1cc2c(N[C@H]3CC[C@@H](NC(=O)c4ccc(F)cc4)CC3)cccc2s1. The highest BCUT2D eigenvalue weighted by Gasteiger charge is 2.23. The Bertz CT molecular complexity index is 1030. The monoisotopic (exact) mass is 393 g/mol. The lowest BCUT2D eigenvalue weighted by atomic mass is 9.90. The molecule has 2 N–H and O–H groups in total. The van der Waals surface area contributed by atoms with Crippen LogP contribution in [0.5, 0.6) is 0 Å². The van der Waals surface area contributed by atoms with E-state index in [1.807, 2.05) is 18.2 Å². The first-order valence-electron chi connectivity index (χ1n) is 9.38. The van der Waals surface area contributed by atoms with Gasteiger partial charge in [0, 0.05) is 33.4 Å². The first kappa shape index (κ1) is 18.5. The molecule has 1 heterocycles. The highest BCUT2D eigenvalue weighted by atomic mass is 32.1. The number of hydrogen-bond donors (Lipinski definition) is 2. The summed E-state index contributed by atoms with van der Waals surface area (Å²) in [5.41, 5.74) is 1.55.